The number of methoxy groups -OCH3 is 1. The van der Waals surface area contributed by atoms with Gasteiger partial charge in [-0.05, 0) is 37.5 Å². The van der Waals surface area contributed by atoms with Crippen LogP contribution >= 0.6 is 0 Å². The maximum absolute atomic E-state index is 12.8. The van der Waals surface area contributed by atoms with Crippen molar-refractivity contribution in [2.75, 3.05) is 13.7 Å². The van der Waals surface area contributed by atoms with E-state index >= 15 is 0 Å². The highest BCUT2D eigenvalue weighted by atomic mass is 32.2. The minimum Gasteiger partial charge on any atom is -0.468 e. The van der Waals surface area contributed by atoms with Crippen LogP contribution in [-0.4, -0.2) is 38.4 Å². The van der Waals surface area contributed by atoms with Crippen LogP contribution in [0.4, 0.5) is 13.2 Å². The fraction of sp³-hybridized carbons (Fsp3) is 0.500. The SMILES string of the molecule is COC(=O)C1CCCCN1S(=O)(=O)c1cccc(C(F)(F)F)c1. The summed E-state index contributed by atoms with van der Waals surface area (Å²) in [6, 6.07) is 2.50. The second kappa shape index (κ2) is 6.48. The topological polar surface area (TPSA) is 63.7 Å². The summed E-state index contributed by atoms with van der Waals surface area (Å²) in [4.78, 5) is 11.3. The largest absolute Gasteiger partial charge is 0.468 e. The standard InChI is InChI=1S/C14H16F3NO4S/c1-22-13(19)12-7-2-3-8-18(12)23(20,21)11-6-4-5-10(9-11)14(15,16)17/h4-6,9,12H,2-3,7-8H2,1H3. The van der Waals surface area contributed by atoms with Crippen LogP contribution in [0.5, 0.6) is 0 Å². The first-order chi connectivity index (χ1) is 10.7. The predicted molar refractivity (Wildman–Crippen MR) is 75.0 cm³/mol. The normalized spacial score (nSPS) is 20.3. The van der Waals surface area contributed by atoms with Crippen LogP contribution in [0.25, 0.3) is 0 Å². The number of esters is 1. The van der Waals surface area contributed by atoms with Crippen molar-refractivity contribution in [3.05, 3.63) is 29.8 Å². The van der Waals surface area contributed by atoms with E-state index in [1.807, 2.05) is 0 Å². The zero-order valence-electron chi connectivity index (χ0n) is 12.3. The predicted octanol–water partition coefficient (Wildman–Crippen LogP) is 2.42. The van der Waals surface area contributed by atoms with Gasteiger partial charge in [0.2, 0.25) is 10.0 Å². The second-order valence-corrected chi connectivity index (χ2v) is 7.07. The first kappa shape index (κ1) is 17.7. The van der Waals surface area contributed by atoms with Gasteiger partial charge in [-0.25, -0.2) is 8.42 Å². The van der Waals surface area contributed by atoms with Crippen LogP contribution in [0.2, 0.25) is 0 Å². The lowest BCUT2D eigenvalue weighted by Gasteiger charge is -2.32. The van der Waals surface area contributed by atoms with Gasteiger partial charge in [0.25, 0.3) is 0 Å². The zero-order chi connectivity index (χ0) is 17.3. The highest BCUT2D eigenvalue weighted by Crippen LogP contribution is 2.32. The zero-order valence-corrected chi connectivity index (χ0v) is 13.2. The molecule has 1 aromatic rings. The van der Waals surface area contributed by atoms with Gasteiger partial charge in [0, 0.05) is 6.54 Å². The molecule has 0 N–H and O–H groups in total. The maximum Gasteiger partial charge on any atom is 0.416 e. The third kappa shape index (κ3) is 3.66. The summed E-state index contributed by atoms with van der Waals surface area (Å²) in [5.74, 6) is -0.708. The average molecular weight is 351 g/mol. The molecule has 0 saturated carbocycles. The lowest BCUT2D eigenvalue weighted by atomic mass is 10.1. The summed E-state index contributed by atoms with van der Waals surface area (Å²) in [5, 5.41) is 0. The fourth-order valence-corrected chi connectivity index (χ4v) is 4.23. The molecule has 23 heavy (non-hydrogen) atoms. The first-order valence-electron chi connectivity index (χ1n) is 6.95. The van der Waals surface area contributed by atoms with Gasteiger partial charge in [-0.1, -0.05) is 6.07 Å². The van der Waals surface area contributed by atoms with E-state index in [0.29, 0.717) is 18.9 Å². The van der Waals surface area contributed by atoms with Crippen molar-refractivity contribution in [2.45, 2.75) is 36.4 Å². The van der Waals surface area contributed by atoms with Gasteiger partial charge in [0.15, 0.2) is 0 Å². The third-order valence-electron chi connectivity index (χ3n) is 3.69. The molecule has 1 aliphatic rings. The summed E-state index contributed by atoms with van der Waals surface area (Å²) in [6.45, 7) is 0.0678. The Balaban J connectivity index is 2.42. The van der Waals surface area contributed by atoms with Crippen molar-refractivity contribution >= 4 is 16.0 Å². The Morgan fingerprint density at radius 3 is 2.61 bits per heavy atom. The van der Waals surface area contributed by atoms with Gasteiger partial charge in [-0.2, -0.15) is 17.5 Å². The number of rotatable bonds is 3. The van der Waals surface area contributed by atoms with Crippen molar-refractivity contribution < 1.29 is 31.1 Å². The van der Waals surface area contributed by atoms with E-state index in [-0.39, 0.29) is 13.0 Å². The van der Waals surface area contributed by atoms with Crippen LogP contribution in [0.1, 0.15) is 24.8 Å². The number of benzene rings is 1. The number of hydrogen-bond donors (Lipinski definition) is 0. The molecule has 1 unspecified atom stereocenters. The number of halogens is 3. The fourth-order valence-electron chi connectivity index (χ4n) is 2.53. The molecular formula is C14H16F3NO4S. The molecule has 1 atom stereocenters. The molecule has 2 rings (SSSR count). The number of piperidine rings is 1. The van der Waals surface area contributed by atoms with E-state index in [2.05, 4.69) is 4.74 Å². The van der Waals surface area contributed by atoms with Gasteiger partial charge in [-0.3, -0.25) is 4.79 Å². The van der Waals surface area contributed by atoms with Crippen molar-refractivity contribution in [3.8, 4) is 0 Å². The maximum atomic E-state index is 12.8. The molecule has 0 aliphatic carbocycles. The monoisotopic (exact) mass is 351 g/mol. The van der Waals surface area contributed by atoms with Gasteiger partial charge < -0.3 is 4.74 Å². The lowest BCUT2D eigenvalue weighted by Crippen LogP contribution is -2.48. The van der Waals surface area contributed by atoms with E-state index in [4.69, 9.17) is 0 Å². The quantitative estimate of drug-likeness (QED) is 0.785. The number of carbonyl (C=O) groups is 1. The molecule has 1 aliphatic heterocycles. The molecule has 128 valence electrons. The van der Waals surface area contributed by atoms with E-state index in [1.165, 1.54) is 0 Å². The number of nitrogens with zero attached hydrogens (tertiary/aromatic N) is 1. The van der Waals surface area contributed by atoms with Crippen LogP contribution in [0.3, 0.4) is 0 Å². The molecule has 0 aromatic heterocycles. The molecule has 1 heterocycles. The number of carbonyl (C=O) groups excluding carboxylic acids is 1. The number of sulfonamides is 1. The highest BCUT2D eigenvalue weighted by Gasteiger charge is 2.39. The van der Waals surface area contributed by atoms with Crippen LogP contribution in [0.15, 0.2) is 29.2 Å². The molecule has 0 amide bonds. The van der Waals surface area contributed by atoms with Gasteiger partial charge in [0.05, 0.1) is 17.6 Å². The lowest BCUT2D eigenvalue weighted by molar-refractivity contribution is -0.146. The summed E-state index contributed by atoms with van der Waals surface area (Å²) in [7, 11) is -3.07. The van der Waals surface area contributed by atoms with E-state index in [1.54, 1.807) is 0 Å². The minimum absolute atomic E-state index is 0.0678. The van der Waals surface area contributed by atoms with E-state index < -0.39 is 38.7 Å². The Morgan fingerprint density at radius 1 is 1.30 bits per heavy atom. The number of ether oxygens (including phenoxy) is 1. The summed E-state index contributed by atoms with van der Waals surface area (Å²) in [5.41, 5.74) is -1.05. The number of hydrogen-bond acceptors (Lipinski definition) is 4. The third-order valence-corrected chi connectivity index (χ3v) is 5.60. The van der Waals surface area contributed by atoms with Crippen molar-refractivity contribution in [1.29, 1.82) is 0 Å². The molecule has 1 saturated heterocycles. The molecule has 0 bridgehead atoms. The first-order valence-corrected chi connectivity index (χ1v) is 8.39. The molecule has 1 fully saturated rings. The van der Waals surface area contributed by atoms with Gasteiger partial charge in [0.1, 0.15) is 6.04 Å². The Kier molecular flexibility index (Phi) is 5.00. The molecule has 9 heteroatoms. The number of alkyl halides is 3. The van der Waals surface area contributed by atoms with Gasteiger partial charge in [-0.15, -0.1) is 0 Å². The van der Waals surface area contributed by atoms with Crippen LogP contribution < -0.4 is 0 Å². The Labute approximate surface area is 132 Å². The van der Waals surface area contributed by atoms with Gasteiger partial charge >= 0.3 is 12.1 Å². The molecule has 0 radical (unpaired) electrons. The summed E-state index contributed by atoms with van der Waals surface area (Å²) < 4.78 is 69.2. The molecule has 0 spiro atoms. The van der Waals surface area contributed by atoms with Crippen molar-refractivity contribution in [1.82, 2.24) is 4.31 Å². The van der Waals surface area contributed by atoms with E-state index in [0.717, 1.165) is 29.6 Å². The average Bonchev–Trinajstić information content (AvgIpc) is 2.53. The molecular weight excluding hydrogens is 335 g/mol. The molecule has 5 nitrogen and oxygen atoms in total. The van der Waals surface area contributed by atoms with Crippen molar-refractivity contribution in [3.63, 3.8) is 0 Å². The Morgan fingerprint density at radius 2 is 2.00 bits per heavy atom. The molecule has 1 aromatic carbocycles. The van der Waals surface area contributed by atoms with Crippen LogP contribution in [-0.2, 0) is 25.7 Å². The Hall–Kier alpha value is -1.61. The van der Waals surface area contributed by atoms with E-state index in [9.17, 15) is 26.4 Å². The minimum atomic E-state index is -4.64. The highest BCUT2D eigenvalue weighted by molar-refractivity contribution is 7.89. The van der Waals surface area contributed by atoms with Crippen LogP contribution in [0, 0.1) is 0 Å². The smallest absolute Gasteiger partial charge is 0.416 e. The van der Waals surface area contributed by atoms with Crippen molar-refractivity contribution in [2.24, 2.45) is 0 Å². The summed E-state index contributed by atoms with van der Waals surface area (Å²) in [6.07, 6.45) is -3.18. The Bertz CT molecular complexity index is 688. The second-order valence-electron chi connectivity index (χ2n) is 5.18. The summed E-state index contributed by atoms with van der Waals surface area (Å²) >= 11 is 0.